The number of ether oxygens (including phenoxy) is 3. The van der Waals surface area contributed by atoms with Crippen LogP contribution in [0.25, 0.3) is 0 Å². The third-order valence-corrected chi connectivity index (χ3v) is 4.12. The minimum Gasteiger partial charge on any atom is -0.496 e. The van der Waals surface area contributed by atoms with Gasteiger partial charge in [0.15, 0.2) is 11.5 Å². The van der Waals surface area contributed by atoms with Crippen LogP contribution >= 0.6 is 0 Å². The second kappa shape index (κ2) is 7.52. The Bertz CT molecular complexity index is 464. The molecule has 2 rings (SSSR count). The zero-order valence-electron chi connectivity index (χ0n) is 13.1. The van der Waals surface area contributed by atoms with Crippen LogP contribution in [0.2, 0.25) is 0 Å². The fourth-order valence-electron chi connectivity index (χ4n) is 3.01. The van der Waals surface area contributed by atoms with Gasteiger partial charge in [-0.25, -0.2) is 0 Å². The average Bonchev–Trinajstić information content (AvgIpc) is 2.94. The number of hydrogen-bond donors (Lipinski definition) is 1. The second-order valence-corrected chi connectivity index (χ2v) is 5.30. The lowest BCUT2D eigenvalue weighted by Gasteiger charge is -2.25. The molecule has 1 aliphatic heterocycles. The minimum atomic E-state index is 0.240. The van der Waals surface area contributed by atoms with Gasteiger partial charge >= 0.3 is 0 Å². The molecule has 0 radical (unpaired) electrons. The van der Waals surface area contributed by atoms with E-state index in [-0.39, 0.29) is 6.61 Å². The van der Waals surface area contributed by atoms with E-state index in [0.717, 1.165) is 37.2 Å². The van der Waals surface area contributed by atoms with Crippen molar-refractivity contribution >= 4 is 0 Å². The first kappa shape index (κ1) is 15.9. The highest BCUT2D eigenvalue weighted by molar-refractivity contribution is 5.50. The maximum atomic E-state index is 9.17. The van der Waals surface area contributed by atoms with Crippen molar-refractivity contribution in [2.75, 3.05) is 34.5 Å². The Hall–Kier alpha value is -1.46. The van der Waals surface area contributed by atoms with Gasteiger partial charge in [-0.1, -0.05) is 0 Å². The molecule has 1 aliphatic rings. The van der Waals surface area contributed by atoms with E-state index in [1.54, 1.807) is 21.3 Å². The maximum Gasteiger partial charge on any atom is 0.164 e. The molecule has 1 heterocycles. The van der Waals surface area contributed by atoms with Crippen molar-refractivity contribution in [1.29, 1.82) is 0 Å². The first-order chi connectivity index (χ1) is 10.2. The number of aliphatic hydroxyl groups is 1. The summed E-state index contributed by atoms with van der Waals surface area (Å²) in [6.45, 7) is 2.10. The number of methoxy groups -OCH3 is 3. The van der Waals surface area contributed by atoms with Crippen LogP contribution in [0, 0.1) is 0 Å². The van der Waals surface area contributed by atoms with Crippen LogP contribution in [0.4, 0.5) is 0 Å². The molecular weight excluding hydrogens is 270 g/mol. The number of benzene rings is 1. The molecule has 5 heteroatoms. The van der Waals surface area contributed by atoms with Crippen molar-refractivity contribution in [3.05, 3.63) is 17.7 Å². The summed E-state index contributed by atoms with van der Waals surface area (Å²) < 4.78 is 16.2. The van der Waals surface area contributed by atoms with Gasteiger partial charge in [0, 0.05) is 30.8 Å². The Balaban J connectivity index is 2.22. The van der Waals surface area contributed by atoms with Gasteiger partial charge in [-0.15, -0.1) is 0 Å². The van der Waals surface area contributed by atoms with E-state index in [0.29, 0.717) is 17.5 Å². The van der Waals surface area contributed by atoms with Crippen LogP contribution in [-0.2, 0) is 6.54 Å². The third-order valence-electron chi connectivity index (χ3n) is 4.12. The zero-order chi connectivity index (χ0) is 15.2. The monoisotopic (exact) mass is 295 g/mol. The second-order valence-electron chi connectivity index (χ2n) is 5.30. The van der Waals surface area contributed by atoms with Crippen molar-refractivity contribution in [2.24, 2.45) is 0 Å². The van der Waals surface area contributed by atoms with Gasteiger partial charge in [0.1, 0.15) is 5.75 Å². The molecule has 0 spiro atoms. The fraction of sp³-hybridized carbons (Fsp3) is 0.625. The predicted molar refractivity (Wildman–Crippen MR) is 81.2 cm³/mol. The molecule has 5 nitrogen and oxygen atoms in total. The van der Waals surface area contributed by atoms with Crippen LogP contribution in [0.3, 0.4) is 0 Å². The van der Waals surface area contributed by atoms with Gasteiger partial charge in [-0.3, -0.25) is 4.90 Å². The molecule has 21 heavy (non-hydrogen) atoms. The van der Waals surface area contributed by atoms with Crippen molar-refractivity contribution in [2.45, 2.75) is 31.8 Å². The molecule has 0 amide bonds. The molecule has 1 saturated heterocycles. The lowest BCUT2D eigenvalue weighted by molar-refractivity contribution is 0.188. The zero-order valence-corrected chi connectivity index (χ0v) is 13.1. The van der Waals surface area contributed by atoms with E-state index >= 15 is 0 Å². The van der Waals surface area contributed by atoms with Crippen molar-refractivity contribution in [1.82, 2.24) is 4.90 Å². The summed E-state index contributed by atoms with van der Waals surface area (Å²) in [5.41, 5.74) is 1.08. The minimum absolute atomic E-state index is 0.240. The van der Waals surface area contributed by atoms with Crippen molar-refractivity contribution in [3.8, 4) is 17.2 Å². The van der Waals surface area contributed by atoms with Gasteiger partial charge in [0.25, 0.3) is 0 Å². The number of aliphatic hydroxyl groups excluding tert-OH is 1. The highest BCUT2D eigenvalue weighted by Gasteiger charge is 2.25. The normalized spacial score (nSPS) is 18.8. The maximum absolute atomic E-state index is 9.17. The van der Waals surface area contributed by atoms with Crippen LogP contribution in [0.1, 0.15) is 24.8 Å². The lowest BCUT2D eigenvalue weighted by atomic mass is 10.1. The van der Waals surface area contributed by atoms with Crippen molar-refractivity contribution < 1.29 is 19.3 Å². The highest BCUT2D eigenvalue weighted by atomic mass is 16.5. The van der Waals surface area contributed by atoms with Crippen LogP contribution in [0.5, 0.6) is 17.2 Å². The largest absolute Gasteiger partial charge is 0.496 e. The highest BCUT2D eigenvalue weighted by Crippen LogP contribution is 2.36. The summed E-state index contributed by atoms with van der Waals surface area (Å²) in [4.78, 5) is 2.40. The Labute approximate surface area is 126 Å². The van der Waals surface area contributed by atoms with E-state index in [2.05, 4.69) is 4.90 Å². The average molecular weight is 295 g/mol. The summed E-state index contributed by atoms with van der Waals surface area (Å²) in [5, 5.41) is 9.17. The summed E-state index contributed by atoms with van der Waals surface area (Å²) in [5.74, 6) is 2.19. The predicted octanol–water partition coefficient (Wildman–Crippen LogP) is 2.06. The molecule has 118 valence electrons. The van der Waals surface area contributed by atoms with Gasteiger partial charge < -0.3 is 19.3 Å². The molecule has 0 bridgehead atoms. The van der Waals surface area contributed by atoms with Gasteiger partial charge in [-0.05, 0) is 31.9 Å². The molecular formula is C16H25NO4. The molecule has 1 aromatic rings. The molecule has 0 aromatic heterocycles. The van der Waals surface area contributed by atoms with Gasteiger partial charge in [0.05, 0.1) is 21.3 Å². The number of hydrogen-bond acceptors (Lipinski definition) is 5. The number of nitrogens with zero attached hydrogens (tertiary/aromatic N) is 1. The Kier molecular flexibility index (Phi) is 5.70. The first-order valence-electron chi connectivity index (χ1n) is 7.37. The molecule has 0 saturated carbocycles. The van der Waals surface area contributed by atoms with Gasteiger partial charge in [-0.2, -0.15) is 0 Å². The molecule has 1 atom stereocenters. The van der Waals surface area contributed by atoms with Crippen LogP contribution in [-0.4, -0.2) is 50.5 Å². The fourth-order valence-corrected chi connectivity index (χ4v) is 3.01. The number of rotatable bonds is 7. The van der Waals surface area contributed by atoms with E-state index in [9.17, 15) is 5.11 Å². The van der Waals surface area contributed by atoms with E-state index in [4.69, 9.17) is 14.2 Å². The molecule has 1 aromatic carbocycles. The smallest absolute Gasteiger partial charge is 0.164 e. The van der Waals surface area contributed by atoms with E-state index in [1.165, 1.54) is 6.42 Å². The standard InChI is InChI=1S/C16H25NO4/c1-19-14-10-16(21-3)15(20-2)9-12(14)11-17-7-4-5-13(17)6-8-18/h9-10,13,18H,4-8,11H2,1-3H3/t13-/m0/s1. The molecule has 1 fully saturated rings. The van der Waals surface area contributed by atoms with Crippen molar-refractivity contribution in [3.63, 3.8) is 0 Å². The Morgan fingerprint density at radius 3 is 2.38 bits per heavy atom. The van der Waals surface area contributed by atoms with E-state index in [1.807, 2.05) is 12.1 Å². The van der Waals surface area contributed by atoms with Crippen LogP contribution in [0.15, 0.2) is 12.1 Å². The molecule has 0 unspecified atom stereocenters. The quantitative estimate of drug-likeness (QED) is 0.834. The summed E-state index contributed by atoms with van der Waals surface area (Å²) in [6, 6.07) is 4.30. The Morgan fingerprint density at radius 2 is 1.76 bits per heavy atom. The SMILES string of the molecule is COc1cc(OC)c(OC)cc1CN1CCC[C@H]1CCO. The topological polar surface area (TPSA) is 51.2 Å². The van der Waals surface area contributed by atoms with Gasteiger partial charge in [0.2, 0.25) is 0 Å². The summed E-state index contributed by atoms with van der Waals surface area (Å²) in [6.07, 6.45) is 3.16. The number of likely N-dealkylation sites (tertiary alicyclic amines) is 1. The molecule has 1 N–H and O–H groups in total. The lowest BCUT2D eigenvalue weighted by Crippen LogP contribution is -2.29. The first-order valence-corrected chi connectivity index (χ1v) is 7.37. The van der Waals surface area contributed by atoms with E-state index < -0.39 is 0 Å². The molecule has 0 aliphatic carbocycles. The summed E-state index contributed by atoms with van der Waals surface area (Å²) >= 11 is 0. The summed E-state index contributed by atoms with van der Waals surface area (Å²) in [7, 11) is 4.92. The third kappa shape index (κ3) is 3.60. The Morgan fingerprint density at radius 1 is 1.10 bits per heavy atom. The van der Waals surface area contributed by atoms with Crippen LogP contribution < -0.4 is 14.2 Å².